The predicted octanol–water partition coefficient (Wildman–Crippen LogP) is 4.66. The minimum Gasteiger partial charge on any atom is -0.489 e. The molecule has 21 heavy (non-hydrogen) atoms. The second kappa shape index (κ2) is 7.62. The van der Waals surface area contributed by atoms with Crippen molar-refractivity contribution >= 4 is 15.9 Å². The van der Waals surface area contributed by atoms with Gasteiger partial charge in [0.25, 0.3) is 0 Å². The van der Waals surface area contributed by atoms with E-state index in [1.807, 2.05) is 19.2 Å². The molecule has 0 spiro atoms. The van der Waals surface area contributed by atoms with Gasteiger partial charge in [-0.2, -0.15) is 0 Å². The summed E-state index contributed by atoms with van der Waals surface area (Å²) in [5.74, 6) is 1.45. The van der Waals surface area contributed by atoms with Crippen LogP contribution in [0, 0.1) is 6.92 Å². The number of benzene rings is 2. The Morgan fingerprint density at radius 2 is 1.86 bits per heavy atom. The van der Waals surface area contributed by atoms with Gasteiger partial charge in [0.15, 0.2) is 0 Å². The molecule has 0 aromatic heterocycles. The van der Waals surface area contributed by atoms with Crippen LogP contribution in [0.5, 0.6) is 5.75 Å². The zero-order valence-electron chi connectivity index (χ0n) is 12.8. The van der Waals surface area contributed by atoms with E-state index in [1.165, 1.54) is 11.1 Å². The quantitative estimate of drug-likeness (QED) is 0.820. The van der Waals surface area contributed by atoms with Crippen LogP contribution in [0.4, 0.5) is 0 Å². The lowest BCUT2D eigenvalue weighted by atomic mass is 10.00. The Balaban J connectivity index is 1.99. The van der Waals surface area contributed by atoms with E-state index in [1.54, 1.807) is 0 Å². The number of ether oxygens (including phenoxy) is 1. The molecule has 0 aliphatic rings. The van der Waals surface area contributed by atoms with Crippen molar-refractivity contribution in [2.75, 3.05) is 13.6 Å². The van der Waals surface area contributed by atoms with E-state index in [4.69, 9.17) is 4.74 Å². The van der Waals surface area contributed by atoms with Gasteiger partial charge in [0.1, 0.15) is 12.4 Å². The first-order valence-electron chi connectivity index (χ1n) is 7.22. The number of hydrogen-bond donors (Lipinski definition) is 1. The number of nitrogens with one attached hydrogen (secondary N) is 1. The Bertz CT molecular complexity index is 580. The van der Waals surface area contributed by atoms with Crippen molar-refractivity contribution in [3.63, 3.8) is 0 Å². The molecule has 0 fully saturated rings. The van der Waals surface area contributed by atoms with Crippen LogP contribution >= 0.6 is 15.9 Å². The van der Waals surface area contributed by atoms with Crippen LogP contribution in [0.3, 0.4) is 0 Å². The maximum atomic E-state index is 5.91. The Morgan fingerprint density at radius 3 is 2.52 bits per heavy atom. The molecule has 0 bridgehead atoms. The molecule has 1 unspecified atom stereocenters. The van der Waals surface area contributed by atoms with Gasteiger partial charge in [-0.25, -0.2) is 0 Å². The van der Waals surface area contributed by atoms with E-state index in [2.05, 4.69) is 65.4 Å². The summed E-state index contributed by atoms with van der Waals surface area (Å²) < 4.78 is 6.95. The summed E-state index contributed by atoms with van der Waals surface area (Å²) in [6.45, 7) is 5.88. The summed E-state index contributed by atoms with van der Waals surface area (Å²) >= 11 is 3.48. The molecular weight excluding hydrogens is 326 g/mol. The molecule has 1 N–H and O–H groups in total. The van der Waals surface area contributed by atoms with Crippen molar-refractivity contribution in [1.29, 1.82) is 0 Å². The lowest BCUT2D eigenvalue weighted by Crippen LogP contribution is -2.14. The van der Waals surface area contributed by atoms with Crippen molar-refractivity contribution in [3.05, 3.63) is 63.6 Å². The smallest absolute Gasteiger partial charge is 0.123 e. The van der Waals surface area contributed by atoms with Crippen LogP contribution in [0.1, 0.15) is 29.5 Å². The summed E-state index contributed by atoms with van der Waals surface area (Å²) in [7, 11) is 1.99. The average Bonchev–Trinajstić information content (AvgIpc) is 2.49. The number of halogens is 1. The van der Waals surface area contributed by atoms with Crippen LogP contribution < -0.4 is 10.1 Å². The van der Waals surface area contributed by atoms with E-state index in [0.29, 0.717) is 12.5 Å². The molecule has 0 radical (unpaired) electrons. The molecule has 3 heteroatoms. The van der Waals surface area contributed by atoms with Gasteiger partial charge >= 0.3 is 0 Å². The maximum absolute atomic E-state index is 5.91. The molecule has 0 amide bonds. The van der Waals surface area contributed by atoms with Gasteiger partial charge < -0.3 is 10.1 Å². The molecule has 0 aliphatic carbocycles. The zero-order valence-corrected chi connectivity index (χ0v) is 14.4. The predicted molar refractivity (Wildman–Crippen MR) is 92.0 cm³/mol. The fourth-order valence-electron chi connectivity index (χ4n) is 2.26. The van der Waals surface area contributed by atoms with E-state index in [-0.39, 0.29) is 0 Å². The number of likely N-dealkylation sites (N-methyl/N-ethyl adjacent to an activating group) is 1. The summed E-state index contributed by atoms with van der Waals surface area (Å²) in [4.78, 5) is 0. The highest BCUT2D eigenvalue weighted by Gasteiger charge is 2.05. The highest BCUT2D eigenvalue weighted by Crippen LogP contribution is 2.24. The van der Waals surface area contributed by atoms with Gasteiger partial charge in [0.2, 0.25) is 0 Å². The second-order valence-corrected chi connectivity index (χ2v) is 6.31. The number of rotatable bonds is 6. The third-order valence-corrected chi connectivity index (χ3v) is 4.10. The lowest BCUT2D eigenvalue weighted by molar-refractivity contribution is 0.304. The molecular formula is C18H22BrNO. The summed E-state index contributed by atoms with van der Waals surface area (Å²) in [5, 5.41) is 3.21. The topological polar surface area (TPSA) is 21.3 Å². The molecule has 2 rings (SSSR count). The van der Waals surface area contributed by atoms with Crippen molar-refractivity contribution in [1.82, 2.24) is 5.32 Å². The molecule has 1 atom stereocenters. The molecule has 0 aliphatic heterocycles. The first kappa shape index (κ1) is 16.1. The van der Waals surface area contributed by atoms with Gasteiger partial charge in [-0.3, -0.25) is 0 Å². The monoisotopic (exact) mass is 347 g/mol. The molecule has 2 nitrogen and oxygen atoms in total. The largest absolute Gasteiger partial charge is 0.489 e. The molecule has 2 aromatic rings. The van der Waals surface area contributed by atoms with Crippen LogP contribution in [-0.2, 0) is 6.61 Å². The number of aryl methyl sites for hydroxylation is 1. The summed E-state index contributed by atoms with van der Waals surface area (Å²) in [6.07, 6.45) is 0. The van der Waals surface area contributed by atoms with E-state index >= 15 is 0 Å². The highest BCUT2D eigenvalue weighted by atomic mass is 79.9. The standard InChI is InChI=1S/C18H22BrNO/c1-13-4-9-17(19)10-18(13)21-12-15-5-7-16(8-6-15)14(2)11-20-3/h4-10,14,20H,11-12H2,1-3H3. The van der Waals surface area contributed by atoms with Crippen molar-refractivity contribution < 1.29 is 4.74 Å². The molecule has 0 saturated carbocycles. The third kappa shape index (κ3) is 4.58. The average molecular weight is 348 g/mol. The van der Waals surface area contributed by atoms with Crippen LogP contribution in [0.2, 0.25) is 0 Å². The van der Waals surface area contributed by atoms with Gasteiger partial charge in [0, 0.05) is 11.0 Å². The van der Waals surface area contributed by atoms with Crippen LogP contribution in [-0.4, -0.2) is 13.6 Å². The first-order chi connectivity index (χ1) is 10.1. The third-order valence-electron chi connectivity index (χ3n) is 3.60. The molecule has 0 saturated heterocycles. The molecule has 0 heterocycles. The Kier molecular flexibility index (Phi) is 5.83. The maximum Gasteiger partial charge on any atom is 0.123 e. The summed E-state index contributed by atoms with van der Waals surface area (Å²) in [5.41, 5.74) is 3.69. The summed E-state index contributed by atoms with van der Waals surface area (Å²) in [6, 6.07) is 14.8. The van der Waals surface area contributed by atoms with Gasteiger partial charge in [-0.05, 0) is 48.7 Å². The fraction of sp³-hybridized carbons (Fsp3) is 0.333. The zero-order chi connectivity index (χ0) is 15.2. The van der Waals surface area contributed by atoms with E-state index in [0.717, 1.165) is 22.3 Å². The SMILES string of the molecule is CNCC(C)c1ccc(COc2cc(Br)ccc2C)cc1. The minimum atomic E-state index is 0.525. The Labute approximate surface area is 135 Å². The van der Waals surface area contributed by atoms with Gasteiger partial charge in [0.05, 0.1) is 0 Å². The second-order valence-electron chi connectivity index (χ2n) is 5.40. The Morgan fingerprint density at radius 1 is 1.14 bits per heavy atom. The van der Waals surface area contributed by atoms with E-state index < -0.39 is 0 Å². The van der Waals surface area contributed by atoms with E-state index in [9.17, 15) is 0 Å². The fourth-order valence-corrected chi connectivity index (χ4v) is 2.60. The lowest BCUT2D eigenvalue weighted by Gasteiger charge is -2.13. The van der Waals surface area contributed by atoms with Crippen molar-refractivity contribution in [2.45, 2.75) is 26.4 Å². The highest BCUT2D eigenvalue weighted by molar-refractivity contribution is 9.10. The molecule has 112 valence electrons. The minimum absolute atomic E-state index is 0.525. The number of hydrogen-bond acceptors (Lipinski definition) is 2. The van der Waals surface area contributed by atoms with Crippen LogP contribution in [0.15, 0.2) is 46.9 Å². The van der Waals surface area contributed by atoms with Crippen LogP contribution in [0.25, 0.3) is 0 Å². The molecule has 2 aromatic carbocycles. The van der Waals surface area contributed by atoms with Gasteiger partial charge in [-0.1, -0.05) is 53.2 Å². The van der Waals surface area contributed by atoms with Crippen molar-refractivity contribution in [3.8, 4) is 5.75 Å². The van der Waals surface area contributed by atoms with Gasteiger partial charge in [-0.15, -0.1) is 0 Å². The first-order valence-corrected chi connectivity index (χ1v) is 8.02. The Hall–Kier alpha value is -1.32. The normalized spacial score (nSPS) is 12.2. The van der Waals surface area contributed by atoms with Crippen molar-refractivity contribution in [2.24, 2.45) is 0 Å².